The maximum absolute atomic E-state index is 12.0. The lowest BCUT2D eigenvalue weighted by Crippen LogP contribution is -2.27. The zero-order valence-corrected chi connectivity index (χ0v) is 10.4. The van der Waals surface area contributed by atoms with E-state index < -0.39 is 0 Å². The Balaban J connectivity index is 2.05. The fourth-order valence-corrected chi connectivity index (χ4v) is 1.55. The molecule has 0 aliphatic carbocycles. The highest BCUT2D eigenvalue weighted by atomic mass is 16.2. The first kappa shape index (κ1) is 12.2. The lowest BCUT2D eigenvalue weighted by Gasteiger charge is -2.14. The number of amides is 1. The molecule has 0 aromatic carbocycles. The van der Waals surface area contributed by atoms with Crippen LogP contribution >= 0.6 is 0 Å². The largest absolute Gasteiger partial charge is 0.335 e. The van der Waals surface area contributed by atoms with Gasteiger partial charge < -0.3 is 4.90 Å². The highest BCUT2D eigenvalue weighted by Gasteiger charge is 2.16. The SMILES string of the molecule is CCc1nc(C(=O)N(C)Cc2ccncc2)n[nH]1. The summed E-state index contributed by atoms with van der Waals surface area (Å²) in [6.45, 7) is 2.47. The first-order valence-corrected chi connectivity index (χ1v) is 5.76. The van der Waals surface area contributed by atoms with Crippen molar-refractivity contribution in [2.75, 3.05) is 7.05 Å². The minimum absolute atomic E-state index is 0.192. The van der Waals surface area contributed by atoms with Crippen LogP contribution in [-0.2, 0) is 13.0 Å². The van der Waals surface area contributed by atoms with Crippen molar-refractivity contribution in [1.82, 2.24) is 25.1 Å². The average molecular weight is 245 g/mol. The molecule has 0 radical (unpaired) electrons. The number of rotatable bonds is 4. The molecule has 2 aromatic heterocycles. The molecule has 2 rings (SSSR count). The van der Waals surface area contributed by atoms with Crippen molar-refractivity contribution in [3.63, 3.8) is 0 Å². The maximum Gasteiger partial charge on any atom is 0.293 e. The molecule has 0 spiro atoms. The normalized spacial score (nSPS) is 10.3. The maximum atomic E-state index is 12.0. The summed E-state index contributed by atoms with van der Waals surface area (Å²) in [5.41, 5.74) is 1.02. The molecule has 2 heterocycles. The average Bonchev–Trinajstić information content (AvgIpc) is 2.87. The van der Waals surface area contributed by atoms with E-state index in [1.807, 2.05) is 19.1 Å². The Hall–Kier alpha value is -2.24. The number of aromatic nitrogens is 4. The Bertz CT molecular complexity index is 522. The van der Waals surface area contributed by atoms with Gasteiger partial charge in [0.1, 0.15) is 5.82 Å². The summed E-state index contributed by atoms with van der Waals surface area (Å²) in [6.07, 6.45) is 4.14. The molecule has 0 saturated carbocycles. The third-order valence-electron chi connectivity index (χ3n) is 2.57. The third kappa shape index (κ3) is 2.71. The van der Waals surface area contributed by atoms with E-state index in [4.69, 9.17) is 0 Å². The molecule has 2 aromatic rings. The van der Waals surface area contributed by atoms with Crippen molar-refractivity contribution >= 4 is 5.91 Å². The molecule has 0 aliphatic heterocycles. The smallest absolute Gasteiger partial charge is 0.293 e. The van der Waals surface area contributed by atoms with E-state index in [2.05, 4.69) is 20.2 Å². The molecule has 0 saturated heterocycles. The predicted octanol–water partition coefficient (Wildman–Crippen LogP) is 1.03. The Morgan fingerprint density at radius 3 is 2.72 bits per heavy atom. The number of aromatic amines is 1. The van der Waals surface area contributed by atoms with Gasteiger partial charge in [-0.05, 0) is 17.7 Å². The van der Waals surface area contributed by atoms with Gasteiger partial charge in [0, 0.05) is 32.4 Å². The van der Waals surface area contributed by atoms with Crippen LogP contribution in [0, 0.1) is 0 Å². The monoisotopic (exact) mass is 245 g/mol. The van der Waals surface area contributed by atoms with Gasteiger partial charge in [-0.15, -0.1) is 5.10 Å². The fraction of sp³-hybridized carbons (Fsp3) is 0.333. The van der Waals surface area contributed by atoms with Crippen molar-refractivity contribution in [2.24, 2.45) is 0 Å². The molecule has 0 atom stereocenters. The number of pyridine rings is 1. The molecular weight excluding hydrogens is 230 g/mol. The van der Waals surface area contributed by atoms with E-state index in [9.17, 15) is 4.79 Å². The van der Waals surface area contributed by atoms with Gasteiger partial charge in [-0.25, -0.2) is 4.98 Å². The second-order valence-electron chi connectivity index (χ2n) is 3.98. The summed E-state index contributed by atoms with van der Waals surface area (Å²) in [5, 5.41) is 6.65. The topological polar surface area (TPSA) is 74.8 Å². The zero-order chi connectivity index (χ0) is 13.0. The summed E-state index contributed by atoms with van der Waals surface area (Å²) < 4.78 is 0. The van der Waals surface area contributed by atoms with Gasteiger partial charge in [-0.3, -0.25) is 14.9 Å². The van der Waals surface area contributed by atoms with E-state index in [-0.39, 0.29) is 11.7 Å². The Morgan fingerprint density at radius 1 is 1.39 bits per heavy atom. The van der Waals surface area contributed by atoms with Crippen molar-refractivity contribution in [3.05, 3.63) is 41.7 Å². The molecule has 1 N–H and O–H groups in total. The van der Waals surface area contributed by atoms with Gasteiger partial charge in [-0.2, -0.15) is 0 Å². The van der Waals surface area contributed by atoms with E-state index in [0.717, 1.165) is 17.8 Å². The van der Waals surface area contributed by atoms with Crippen LogP contribution < -0.4 is 0 Å². The van der Waals surface area contributed by atoms with Gasteiger partial charge in [0.25, 0.3) is 5.91 Å². The molecule has 18 heavy (non-hydrogen) atoms. The van der Waals surface area contributed by atoms with Crippen LogP contribution in [0.4, 0.5) is 0 Å². The number of aryl methyl sites for hydroxylation is 1. The third-order valence-corrected chi connectivity index (χ3v) is 2.57. The summed E-state index contributed by atoms with van der Waals surface area (Å²) in [6, 6.07) is 3.75. The van der Waals surface area contributed by atoms with Crippen LogP contribution in [0.1, 0.15) is 28.9 Å². The molecule has 6 nitrogen and oxygen atoms in total. The van der Waals surface area contributed by atoms with E-state index >= 15 is 0 Å². The molecule has 6 heteroatoms. The van der Waals surface area contributed by atoms with Crippen molar-refractivity contribution in [2.45, 2.75) is 19.9 Å². The van der Waals surface area contributed by atoms with Crippen LogP contribution in [0.5, 0.6) is 0 Å². The highest BCUT2D eigenvalue weighted by molar-refractivity contribution is 5.90. The summed E-state index contributed by atoms with van der Waals surface area (Å²) in [7, 11) is 1.73. The van der Waals surface area contributed by atoms with Gasteiger partial charge in [-0.1, -0.05) is 6.92 Å². The molecule has 94 valence electrons. The number of hydrogen-bond acceptors (Lipinski definition) is 4. The minimum Gasteiger partial charge on any atom is -0.335 e. The first-order chi connectivity index (χ1) is 8.70. The van der Waals surface area contributed by atoms with Crippen molar-refractivity contribution < 1.29 is 4.79 Å². The molecule has 0 fully saturated rings. The minimum atomic E-state index is -0.192. The second-order valence-corrected chi connectivity index (χ2v) is 3.98. The van der Waals surface area contributed by atoms with E-state index in [1.54, 1.807) is 24.3 Å². The standard InChI is InChI=1S/C12H15N5O/c1-3-10-14-11(16-15-10)12(18)17(2)8-9-4-6-13-7-5-9/h4-7H,3,8H2,1-2H3,(H,14,15,16). The summed E-state index contributed by atoms with van der Waals surface area (Å²) in [4.78, 5) is 21.7. The number of H-pyrrole nitrogens is 1. The van der Waals surface area contributed by atoms with Crippen LogP contribution in [0.15, 0.2) is 24.5 Å². The summed E-state index contributed by atoms with van der Waals surface area (Å²) in [5.74, 6) is 0.738. The molecule has 1 amide bonds. The molecule has 0 bridgehead atoms. The fourth-order valence-electron chi connectivity index (χ4n) is 1.55. The van der Waals surface area contributed by atoms with Crippen molar-refractivity contribution in [1.29, 1.82) is 0 Å². The molecular formula is C12H15N5O. The van der Waals surface area contributed by atoms with Gasteiger partial charge in [0.05, 0.1) is 0 Å². The highest BCUT2D eigenvalue weighted by Crippen LogP contribution is 2.05. The van der Waals surface area contributed by atoms with Crippen LogP contribution in [0.25, 0.3) is 0 Å². The molecule has 0 unspecified atom stereocenters. The molecule has 0 aliphatic rings. The Labute approximate surface area is 105 Å². The zero-order valence-electron chi connectivity index (χ0n) is 10.4. The van der Waals surface area contributed by atoms with Crippen LogP contribution in [0.3, 0.4) is 0 Å². The quantitative estimate of drug-likeness (QED) is 0.873. The van der Waals surface area contributed by atoms with Gasteiger partial charge >= 0.3 is 0 Å². The van der Waals surface area contributed by atoms with Gasteiger partial charge in [0.15, 0.2) is 0 Å². The van der Waals surface area contributed by atoms with Crippen molar-refractivity contribution in [3.8, 4) is 0 Å². The van der Waals surface area contributed by atoms with Crippen LogP contribution in [0.2, 0.25) is 0 Å². The lowest BCUT2D eigenvalue weighted by atomic mass is 10.2. The van der Waals surface area contributed by atoms with Gasteiger partial charge in [0.2, 0.25) is 5.82 Å². The number of hydrogen-bond donors (Lipinski definition) is 1. The number of carbonyl (C=O) groups excluding carboxylic acids is 1. The van der Waals surface area contributed by atoms with E-state index in [1.165, 1.54) is 0 Å². The second kappa shape index (κ2) is 5.39. The van der Waals surface area contributed by atoms with Crippen LogP contribution in [-0.4, -0.2) is 38.0 Å². The Morgan fingerprint density at radius 2 is 2.11 bits per heavy atom. The number of nitrogens with one attached hydrogen (secondary N) is 1. The van der Waals surface area contributed by atoms with E-state index in [0.29, 0.717) is 6.54 Å². The lowest BCUT2D eigenvalue weighted by molar-refractivity contribution is 0.0773. The first-order valence-electron chi connectivity index (χ1n) is 5.76. The predicted molar refractivity (Wildman–Crippen MR) is 65.8 cm³/mol. The number of nitrogens with zero attached hydrogens (tertiary/aromatic N) is 4. The number of carbonyl (C=O) groups is 1. The summed E-state index contributed by atoms with van der Waals surface area (Å²) >= 11 is 0. The Kier molecular flexibility index (Phi) is 3.66.